The SMILES string of the molecule is CCC(CC1OC1CC)c1cc(C)ccc1C. The Hall–Kier alpha value is -0.820. The highest BCUT2D eigenvalue weighted by atomic mass is 16.6. The molecule has 1 fully saturated rings. The van der Waals surface area contributed by atoms with E-state index in [2.05, 4.69) is 45.9 Å². The first kappa shape index (κ1) is 12.6. The van der Waals surface area contributed by atoms with E-state index in [0.717, 1.165) is 6.42 Å². The van der Waals surface area contributed by atoms with Gasteiger partial charge in [0.1, 0.15) is 0 Å². The topological polar surface area (TPSA) is 12.5 Å². The minimum atomic E-state index is 0.518. The molecule has 0 spiro atoms. The van der Waals surface area contributed by atoms with Crippen LogP contribution in [0.3, 0.4) is 0 Å². The van der Waals surface area contributed by atoms with Gasteiger partial charge in [-0.15, -0.1) is 0 Å². The van der Waals surface area contributed by atoms with Crippen molar-refractivity contribution in [2.24, 2.45) is 0 Å². The number of epoxide rings is 1. The molecule has 0 aliphatic carbocycles. The molecule has 1 aromatic rings. The first-order chi connectivity index (χ1) is 8.15. The molecule has 0 radical (unpaired) electrons. The Kier molecular flexibility index (Phi) is 3.88. The average Bonchev–Trinajstić information content (AvgIpc) is 3.08. The lowest BCUT2D eigenvalue weighted by molar-refractivity contribution is 0.348. The summed E-state index contributed by atoms with van der Waals surface area (Å²) < 4.78 is 5.69. The molecule has 0 aromatic heterocycles. The monoisotopic (exact) mass is 232 g/mol. The van der Waals surface area contributed by atoms with Crippen molar-refractivity contribution >= 4 is 0 Å². The van der Waals surface area contributed by atoms with Crippen molar-refractivity contribution < 1.29 is 4.74 Å². The van der Waals surface area contributed by atoms with Crippen LogP contribution in [0.4, 0.5) is 0 Å². The molecule has 3 atom stereocenters. The number of rotatable bonds is 5. The Morgan fingerprint density at radius 1 is 1.18 bits per heavy atom. The lowest BCUT2D eigenvalue weighted by Crippen LogP contribution is -2.05. The van der Waals surface area contributed by atoms with E-state index in [0.29, 0.717) is 18.1 Å². The summed E-state index contributed by atoms with van der Waals surface area (Å²) in [5.41, 5.74) is 4.32. The van der Waals surface area contributed by atoms with E-state index in [1.54, 1.807) is 0 Å². The zero-order valence-corrected chi connectivity index (χ0v) is 11.5. The Labute approximate surface area is 105 Å². The van der Waals surface area contributed by atoms with E-state index in [1.165, 1.54) is 29.5 Å². The zero-order chi connectivity index (χ0) is 12.4. The number of hydrogen-bond acceptors (Lipinski definition) is 1. The third kappa shape index (κ3) is 2.90. The summed E-state index contributed by atoms with van der Waals surface area (Å²) in [6, 6.07) is 6.80. The molecular formula is C16H24O. The molecule has 1 heteroatoms. The summed E-state index contributed by atoms with van der Waals surface area (Å²) in [6.07, 6.45) is 4.62. The van der Waals surface area contributed by atoms with Crippen LogP contribution in [0, 0.1) is 13.8 Å². The maximum absolute atomic E-state index is 5.69. The van der Waals surface area contributed by atoms with Gasteiger partial charge in [0.05, 0.1) is 12.2 Å². The molecule has 1 saturated heterocycles. The summed E-state index contributed by atoms with van der Waals surface area (Å²) >= 11 is 0. The smallest absolute Gasteiger partial charge is 0.0847 e. The van der Waals surface area contributed by atoms with Gasteiger partial charge in [-0.05, 0) is 50.2 Å². The molecule has 1 aliphatic rings. The highest BCUT2D eigenvalue weighted by molar-refractivity contribution is 5.33. The van der Waals surface area contributed by atoms with E-state index >= 15 is 0 Å². The van der Waals surface area contributed by atoms with Crippen LogP contribution in [0.2, 0.25) is 0 Å². The van der Waals surface area contributed by atoms with Crippen LogP contribution in [0.5, 0.6) is 0 Å². The van der Waals surface area contributed by atoms with Crippen LogP contribution in [-0.2, 0) is 4.74 Å². The van der Waals surface area contributed by atoms with Crippen LogP contribution in [-0.4, -0.2) is 12.2 Å². The second kappa shape index (κ2) is 5.22. The van der Waals surface area contributed by atoms with Crippen LogP contribution >= 0.6 is 0 Å². The van der Waals surface area contributed by atoms with E-state index in [-0.39, 0.29) is 0 Å². The van der Waals surface area contributed by atoms with E-state index < -0.39 is 0 Å². The first-order valence-corrected chi connectivity index (χ1v) is 6.88. The van der Waals surface area contributed by atoms with Gasteiger partial charge in [0, 0.05) is 0 Å². The van der Waals surface area contributed by atoms with Crippen molar-refractivity contribution in [3.63, 3.8) is 0 Å². The van der Waals surface area contributed by atoms with Gasteiger partial charge >= 0.3 is 0 Å². The Morgan fingerprint density at radius 2 is 1.94 bits per heavy atom. The standard InChI is InChI=1S/C16H24O/c1-5-13(10-16-15(6-2)17-16)14-9-11(3)7-8-12(14)4/h7-9,13,15-16H,5-6,10H2,1-4H3. The minimum Gasteiger partial charge on any atom is -0.370 e. The Morgan fingerprint density at radius 3 is 2.53 bits per heavy atom. The molecule has 2 rings (SSSR count). The van der Waals surface area contributed by atoms with Gasteiger partial charge < -0.3 is 4.74 Å². The minimum absolute atomic E-state index is 0.518. The van der Waals surface area contributed by atoms with Gasteiger partial charge in [0.15, 0.2) is 0 Å². The van der Waals surface area contributed by atoms with Gasteiger partial charge in [-0.25, -0.2) is 0 Å². The van der Waals surface area contributed by atoms with Crippen molar-refractivity contribution in [3.05, 3.63) is 34.9 Å². The predicted molar refractivity (Wildman–Crippen MR) is 72.5 cm³/mol. The summed E-state index contributed by atoms with van der Waals surface area (Å²) in [7, 11) is 0. The van der Waals surface area contributed by atoms with Crippen molar-refractivity contribution in [2.45, 2.75) is 65.1 Å². The third-order valence-electron chi connectivity index (χ3n) is 3.97. The molecule has 1 nitrogen and oxygen atoms in total. The fourth-order valence-electron chi connectivity index (χ4n) is 2.74. The number of aryl methyl sites for hydroxylation is 2. The molecule has 0 amide bonds. The molecular weight excluding hydrogens is 208 g/mol. The van der Waals surface area contributed by atoms with E-state index in [1.807, 2.05) is 0 Å². The third-order valence-corrected chi connectivity index (χ3v) is 3.97. The van der Waals surface area contributed by atoms with Gasteiger partial charge in [-0.3, -0.25) is 0 Å². The molecule has 1 heterocycles. The second-order valence-electron chi connectivity index (χ2n) is 5.32. The van der Waals surface area contributed by atoms with Crippen molar-refractivity contribution in [1.82, 2.24) is 0 Å². The van der Waals surface area contributed by atoms with Crippen LogP contribution in [0.25, 0.3) is 0 Å². The van der Waals surface area contributed by atoms with Gasteiger partial charge in [-0.1, -0.05) is 37.6 Å². The molecule has 1 aromatic carbocycles. The maximum atomic E-state index is 5.69. The summed E-state index contributed by atoms with van der Waals surface area (Å²) in [6.45, 7) is 8.90. The summed E-state index contributed by atoms with van der Waals surface area (Å²) in [5, 5.41) is 0. The largest absolute Gasteiger partial charge is 0.370 e. The first-order valence-electron chi connectivity index (χ1n) is 6.88. The van der Waals surface area contributed by atoms with Gasteiger partial charge in [0.2, 0.25) is 0 Å². The lowest BCUT2D eigenvalue weighted by atomic mass is 9.87. The molecule has 3 unspecified atom stereocenters. The fraction of sp³-hybridized carbons (Fsp3) is 0.625. The van der Waals surface area contributed by atoms with Gasteiger partial charge in [0.25, 0.3) is 0 Å². The summed E-state index contributed by atoms with van der Waals surface area (Å²) in [4.78, 5) is 0. The zero-order valence-electron chi connectivity index (χ0n) is 11.5. The molecule has 1 aliphatic heterocycles. The van der Waals surface area contributed by atoms with Crippen LogP contribution in [0.15, 0.2) is 18.2 Å². The summed E-state index contributed by atoms with van der Waals surface area (Å²) in [5.74, 6) is 0.663. The number of hydrogen-bond donors (Lipinski definition) is 0. The lowest BCUT2D eigenvalue weighted by Gasteiger charge is -2.17. The highest BCUT2D eigenvalue weighted by Gasteiger charge is 2.38. The Bertz CT molecular complexity index is 383. The van der Waals surface area contributed by atoms with Gasteiger partial charge in [-0.2, -0.15) is 0 Å². The number of ether oxygens (including phenoxy) is 1. The molecule has 94 valence electrons. The highest BCUT2D eigenvalue weighted by Crippen LogP contribution is 2.37. The number of benzene rings is 1. The van der Waals surface area contributed by atoms with E-state index in [9.17, 15) is 0 Å². The molecule has 17 heavy (non-hydrogen) atoms. The molecule has 0 bridgehead atoms. The maximum Gasteiger partial charge on any atom is 0.0847 e. The Balaban J connectivity index is 2.09. The van der Waals surface area contributed by atoms with Crippen molar-refractivity contribution in [2.75, 3.05) is 0 Å². The quantitative estimate of drug-likeness (QED) is 0.687. The predicted octanol–water partition coefficient (Wildman–Crippen LogP) is 4.36. The molecule has 0 saturated carbocycles. The van der Waals surface area contributed by atoms with Crippen LogP contribution in [0.1, 0.15) is 55.7 Å². The normalized spacial score (nSPS) is 24.7. The van der Waals surface area contributed by atoms with Crippen molar-refractivity contribution in [1.29, 1.82) is 0 Å². The fourth-order valence-corrected chi connectivity index (χ4v) is 2.74. The average molecular weight is 232 g/mol. The van der Waals surface area contributed by atoms with Crippen molar-refractivity contribution in [3.8, 4) is 0 Å². The van der Waals surface area contributed by atoms with E-state index in [4.69, 9.17) is 4.74 Å². The molecule has 0 N–H and O–H groups in total. The van der Waals surface area contributed by atoms with Crippen LogP contribution < -0.4 is 0 Å². The second-order valence-corrected chi connectivity index (χ2v) is 5.32.